The van der Waals surface area contributed by atoms with Gasteiger partial charge in [0, 0.05) is 12.1 Å². The lowest BCUT2D eigenvalue weighted by molar-refractivity contribution is -0.135. The van der Waals surface area contributed by atoms with Gasteiger partial charge in [-0.2, -0.15) is 0 Å². The van der Waals surface area contributed by atoms with E-state index in [9.17, 15) is 4.79 Å². The van der Waals surface area contributed by atoms with Gasteiger partial charge in [0.05, 0.1) is 27.0 Å². The van der Waals surface area contributed by atoms with Crippen LogP contribution >= 0.6 is 0 Å². The van der Waals surface area contributed by atoms with E-state index in [2.05, 4.69) is 24.3 Å². The molecule has 6 nitrogen and oxygen atoms in total. The molecule has 4 aromatic carbocycles. The van der Waals surface area contributed by atoms with Gasteiger partial charge < -0.3 is 18.9 Å². The van der Waals surface area contributed by atoms with Gasteiger partial charge in [-0.1, -0.05) is 54.6 Å². The molecule has 1 fully saturated rings. The number of methoxy groups -OCH3 is 3. The summed E-state index contributed by atoms with van der Waals surface area (Å²) < 4.78 is 22.7. The van der Waals surface area contributed by atoms with E-state index in [0.717, 1.165) is 16.3 Å². The van der Waals surface area contributed by atoms with Crippen molar-refractivity contribution in [1.82, 2.24) is 0 Å². The number of amides is 1. The van der Waals surface area contributed by atoms with Crippen LogP contribution in [0.4, 0.5) is 5.69 Å². The summed E-state index contributed by atoms with van der Waals surface area (Å²) in [4.78, 5) is 15.2. The maximum atomic E-state index is 13.5. The second-order valence-corrected chi connectivity index (χ2v) is 7.99. The molecule has 0 unspecified atom stereocenters. The number of rotatable bonds is 7. The van der Waals surface area contributed by atoms with Crippen molar-refractivity contribution in [3.05, 3.63) is 90.5 Å². The lowest BCUT2D eigenvalue weighted by Gasteiger charge is -2.46. The van der Waals surface area contributed by atoms with Gasteiger partial charge in [-0.25, -0.2) is 0 Å². The first-order valence-corrected chi connectivity index (χ1v) is 11.0. The normalized spacial score (nSPS) is 17.3. The van der Waals surface area contributed by atoms with Crippen LogP contribution in [0, 0.1) is 0 Å². The van der Waals surface area contributed by atoms with E-state index in [0.29, 0.717) is 28.7 Å². The molecule has 0 aromatic heterocycles. The molecular weight excluding hydrogens is 430 g/mol. The largest absolute Gasteiger partial charge is 0.493 e. The van der Waals surface area contributed by atoms with Crippen LogP contribution in [0.1, 0.15) is 11.6 Å². The number of hydrogen-bond donors (Lipinski definition) is 0. The van der Waals surface area contributed by atoms with Crippen molar-refractivity contribution in [3.8, 4) is 23.0 Å². The van der Waals surface area contributed by atoms with Gasteiger partial charge >= 0.3 is 0 Å². The zero-order valence-corrected chi connectivity index (χ0v) is 19.2. The Morgan fingerprint density at radius 2 is 1.35 bits per heavy atom. The molecule has 0 radical (unpaired) electrons. The van der Waals surface area contributed by atoms with Crippen molar-refractivity contribution >= 4 is 22.4 Å². The van der Waals surface area contributed by atoms with Gasteiger partial charge in [0.1, 0.15) is 11.8 Å². The number of para-hydroxylation sites is 1. The van der Waals surface area contributed by atoms with Gasteiger partial charge in [0.25, 0.3) is 5.91 Å². The molecule has 0 saturated carbocycles. The van der Waals surface area contributed by atoms with Crippen LogP contribution in [0.3, 0.4) is 0 Å². The Labute approximate surface area is 198 Å². The van der Waals surface area contributed by atoms with Gasteiger partial charge in [-0.15, -0.1) is 0 Å². The highest BCUT2D eigenvalue weighted by atomic mass is 16.5. The Hall–Kier alpha value is -4.19. The molecule has 6 heteroatoms. The number of benzene rings is 4. The molecule has 4 aromatic rings. The first-order valence-electron chi connectivity index (χ1n) is 11.0. The first kappa shape index (κ1) is 21.6. The average Bonchev–Trinajstić information content (AvgIpc) is 2.89. The van der Waals surface area contributed by atoms with E-state index in [4.69, 9.17) is 18.9 Å². The van der Waals surface area contributed by atoms with Gasteiger partial charge in [0.2, 0.25) is 11.9 Å². The number of ether oxygens (including phenoxy) is 4. The number of carbonyl (C=O) groups is 1. The highest BCUT2D eigenvalue weighted by molar-refractivity contribution is 6.06. The second kappa shape index (κ2) is 8.98. The van der Waals surface area contributed by atoms with Crippen LogP contribution in [0.25, 0.3) is 10.8 Å². The summed E-state index contributed by atoms with van der Waals surface area (Å²) in [6, 6.07) is 27.0. The summed E-state index contributed by atoms with van der Waals surface area (Å²) in [7, 11) is 4.67. The maximum absolute atomic E-state index is 13.5. The fourth-order valence-corrected chi connectivity index (χ4v) is 4.43. The summed E-state index contributed by atoms with van der Waals surface area (Å²) in [6.07, 6.45) is -0.664. The van der Waals surface area contributed by atoms with E-state index >= 15 is 0 Å². The van der Waals surface area contributed by atoms with Crippen LogP contribution in [0.2, 0.25) is 0 Å². The standard InChI is InChI=1S/C28H25NO5/c1-31-23-16-21(17-24(32-2)26(23)33-3)29-25(20-14-13-18-9-7-8-10-19(18)15-20)27(28(29)30)34-22-11-5-4-6-12-22/h4-17,25,27H,1-3H3/t25-,27+/m1/s1. The first-order chi connectivity index (χ1) is 16.6. The predicted octanol–water partition coefficient (Wildman–Crippen LogP) is 5.40. The molecule has 1 saturated heterocycles. The highest BCUT2D eigenvalue weighted by Gasteiger charge is 2.51. The fraction of sp³-hybridized carbons (Fsp3) is 0.179. The zero-order chi connectivity index (χ0) is 23.7. The number of fused-ring (bicyclic) bond motifs is 1. The highest BCUT2D eigenvalue weighted by Crippen LogP contribution is 2.47. The fourth-order valence-electron chi connectivity index (χ4n) is 4.43. The lowest BCUT2D eigenvalue weighted by Crippen LogP contribution is -2.61. The topological polar surface area (TPSA) is 57.2 Å². The van der Waals surface area contributed by atoms with Crippen LogP contribution in [0.15, 0.2) is 84.9 Å². The Morgan fingerprint density at radius 3 is 2.00 bits per heavy atom. The van der Waals surface area contributed by atoms with Crippen LogP contribution < -0.4 is 23.8 Å². The van der Waals surface area contributed by atoms with Crippen molar-refractivity contribution in [2.24, 2.45) is 0 Å². The molecule has 0 aliphatic carbocycles. The van der Waals surface area contributed by atoms with Gasteiger partial charge in [0.15, 0.2) is 11.5 Å². The Bertz CT molecular complexity index is 1310. The molecule has 0 spiro atoms. The number of nitrogens with zero attached hydrogens (tertiary/aromatic N) is 1. The third kappa shape index (κ3) is 3.67. The van der Waals surface area contributed by atoms with Gasteiger partial charge in [-0.05, 0) is 34.5 Å². The number of anilines is 1. The smallest absolute Gasteiger partial charge is 0.271 e. The minimum Gasteiger partial charge on any atom is -0.493 e. The van der Waals surface area contributed by atoms with Crippen molar-refractivity contribution < 1.29 is 23.7 Å². The van der Waals surface area contributed by atoms with Crippen molar-refractivity contribution in [1.29, 1.82) is 0 Å². The summed E-state index contributed by atoms with van der Waals surface area (Å²) >= 11 is 0. The van der Waals surface area contributed by atoms with E-state index in [1.165, 1.54) is 0 Å². The molecule has 34 heavy (non-hydrogen) atoms. The third-order valence-electron chi connectivity index (χ3n) is 6.09. The molecule has 0 N–H and O–H groups in total. The second-order valence-electron chi connectivity index (χ2n) is 7.99. The molecule has 1 aliphatic rings. The van der Waals surface area contributed by atoms with Crippen molar-refractivity contribution in [2.45, 2.75) is 12.1 Å². The lowest BCUT2D eigenvalue weighted by atomic mass is 9.88. The molecule has 1 amide bonds. The molecular formula is C28H25NO5. The summed E-state index contributed by atoms with van der Waals surface area (Å²) in [5.41, 5.74) is 1.62. The monoisotopic (exact) mass is 455 g/mol. The van der Waals surface area contributed by atoms with E-state index in [1.54, 1.807) is 38.4 Å². The van der Waals surface area contributed by atoms with Crippen LogP contribution in [-0.2, 0) is 4.79 Å². The minimum absolute atomic E-state index is 0.142. The molecule has 2 atom stereocenters. The summed E-state index contributed by atoms with van der Waals surface area (Å²) in [5.74, 6) is 1.94. The number of carbonyl (C=O) groups excluding carboxylic acids is 1. The Kier molecular flexibility index (Phi) is 5.72. The Balaban J connectivity index is 1.60. The predicted molar refractivity (Wildman–Crippen MR) is 131 cm³/mol. The van der Waals surface area contributed by atoms with Crippen molar-refractivity contribution in [2.75, 3.05) is 26.2 Å². The number of hydrogen-bond acceptors (Lipinski definition) is 5. The number of β-lactam (4-membered cyclic amide) rings is 1. The maximum Gasteiger partial charge on any atom is 0.271 e. The van der Waals surface area contributed by atoms with E-state index < -0.39 is 6.10 Å². The van der Waals surface area contributed by atoms with Crippen molar-refractivity contribution in [3.63, 3.8) is 0 Å². The molecule has 0 bridgehead atoms. The van der Waals surface area contributed by atoms with E-state index in [1.807, 2.05) is 48.5 Å². The van der Waals surface area contributed by atoms with Crippen LogP contribution in [-0.4, -0.2) is 33.3 Å². The third-order valence-corrected chi connectivity index (χ3v) is 6.09. The van der Waals surface area contributed by atoms with Crippen LogP contribution in [0.5, 0.6) is 23.0 Å². The van der Waals surface area contributed by atoms with E-state index in [-0.39, 0.29) is 11.9 Å². The summed E-state index contributed by atoms with van der Waals surface area (Å²) in [5, 5.41) is 2.24. The minimum atomic E-state index is -0.664. The summed E-state index contributed by atoms with van der Waals surface area (Å²) in [6.45, 7) is 0. The molecule has 1 heterocycles. The average molecular weight is 456 g/mol. The molecule has 172 valence electrons. The zero-order valence-electron chi connectivity index (χ0n) is 19.2. The Morgan fingerprint density at radius 1 is 0.706 bits per heavy atom. The van der Waals surface area contributed by atoms with Gasteiger partial charge in [-0.3, -0.25) is 9.69 Å². The molecule has 1 aliphatic heterocycles. The molecule has 5 rings (SSSR count). The quantitative estimate of drug-likeness (QED) is 0.349. The SMILES string of the molecule is COc1cc(N2C(=O)[C@@H](Oc3ccccc3)[C@H]2c2ccc3ccccc3c2)cc(OC)c1OC.